The number of nitrogens with zero attached hydrogens (tertiary/aromatic N) is 1. The molecule has 10 heteroatoms. The van der Waals surface area contributed by atoms with Gasteiger partial charge in [0.15, 0.2) is 6.23 Å². The molecule has 5 N–H and O–H groups in total. The van der Waals surface area contributed by atoms with Crippen LogP contribution in [0.3, 0.4) is 0 Å². The van der Waals surface area contributed by atoms with Crippen LogP contribution in [0.2, 0.25) is 0 Å². The number of carbonyl (C=O) groups is 1. The Bertz CT molecular complexity index is 620. The molecular weight excluding hydrogens is 298 g/mol. The van der Waals surface area contributed by atoms with E-state index < -0.39 is 48.6 Å². The number of aromatic nitrogens is 2. The quantitative estimate of drug-likeness (QED) is 0.248. The minimum Gasteiger partial charge on any atom is -0.394 e. The number of ketones is 1. The molecule has 0 radical (unpaired) electrons. The molecule has 1 rings (SSSR count). The summed E-state index contributed by atoms with van der Waals surface area (Å²) in [5, 5.41) is 27.0. The van der Waals surface area contributed by atoms with Crippen LogP contribution in [0, 0.1) is 0 Å². The van der Waals surface area contributed by atoms with Gasteiger partial charge in [-0.2, -0.15) is 5.48 Å². The van der Waals surface area contributed by atoms with E-state index in [-0.39, 0.29) is 0 Å². The van der Waals surface area contributed by atoms with Crippen LogP contribution in [-0.4, -0.2) is 56.1 Å². The zero-order valence-corrected chi connectivity index (χ0v) is 11.5. The molecule has 0 aliphatic carbocycles. The van der Waals surface area contributed by atoms with Crippen molar-refractivity contribution in [3.63, 3.8) is 0 Å². The summed E-state index contributed by atoms with van der Waals surface area (Å²) in [5.41, 5.74) is -0.0151. The number of rotatable bonds is 9. The van der Waals surface area contributed by atoms with Crippen molar-refractivity contribution < 1.29 is 25.0 Å². The second kappa shape index (κ2) is 8.36. The highest BCUT2D eigenvalue weighted by atomic mass is 16.5. The summed E-state index contributed by atoms with van der Waals surface area (Å²) in [7, 11) is 0. The number of carbonyl (C=O) groups excluding carboxylic acids is 1. The molecule has 0 spiro atoms. The van der Waals surface area contributed by atoms with Gasteiger partial charge in [-0.25, -0.2) is 4.79 Å². The number of Topliss-reactive ketones (excluding diaryl/α,β-unsaturated/α-hetero) is 1. The Hall–Kier alpha value is -2.11. The Morgan fingerprint density at radius 1 is 1.45 bits per heavy atom. The van der Waals surface area contributed by atoms with E-state index in [1.807, 2.05) is 4.98 Å². The normalized spacial score (nSPS) is 15.0. The van der Waals surface area contributed by atoms with Gasteiger partial charge in [-0.05, 0) is 0 Å². The van der Waals surface area contributed by atoms with Crippen molar-refractivity contribution in [3.8, 4) is 0 Å². The summed E-state index contributed by atoms with van der Waals surface area (Å²) < 4.78 is 6.02. The van der Waals surface area contributed by atoms with Crippen molar-refractivity contribution in [1.82, 2.24) is 15.0 Å². The van der Waals surface area contributed by atoms with Gasteiger partial charge in [0.25, 0.3) is 5.56 Å². The van der Waals surface area contributed by atoms with E-state index in [0.29, 0.717) is 0 Å². The Morgan fingerprint density at radius 2 is 2.14 bits per heavy atom. The Kier molecular flexibility index (Phi) is 6.82. The lowest BCUT2D eigenvalue weighted by molar-refractivity contribution is -0.148. The fourth-order valence-electron chi connectivity index (χ4n) is 1.59. The molecule has 1 aromatic heterocycles. The number of aliphatic hydroxyl groups excluding tert-OH is 2. The molecule has 1 aromatic rings. The summed E-state index contributed by atoms with van der Waals surface area (Å²) in [4.78, 5) is 37.0. The maximum Gasteiger partial charge on any atom is 0.330 e. The number of hydrogen-bond donors (Lipinski definition) is 5. The first-order valence-electron chi connectivity index (χ1n) is 6.23. The maximum atomic E-state index is 12.2. The Labute approximate surface area is 124 Å². The summed E-state index contributed by atoms with van der Waals surface area (Å²) in [6, 6.07) is -0.430. The van der Waals surface area contributed by atoms with Crippen LogP contribution < -0.4 is 16.7 Å². The van der Waals surface area contributed by atoms with Gasteiger partial charge >= 0.3 is 5.69 Å². The Morgan fingerprint density at radius 3 is 2.59 bits per heavy atom. The lowest BCUT2D eigenvalue weighted by Gasteiger charge is -2.24. The first kappa shape index (κ1) is 17.9. The molecule has 0 aliphatic heterocycles. The monoisotopic (exact) mass is 315 g/mol. The van der Waals surface area contributed by atoms with Gasteiger partial charge in [0.2, 0.25) is 5.78 Å². The van der Waals surface area contributed by atoms with Crippen LogP contribution in [0.4, 0.5) is 0 Å². The number of H-pyrrole nitrogens is 1. The predicted octanol–water partition coefficient (Wildman–Crippen LogP) is -2.49. The summed E-state index contributed by atoms with van der Waals surface area (Å²) in [6.07, 6.45) is -0.355. The number of nitrogens with one attached hydrogen (secondary N) is 2. The summed E-state index contributed by atoms with van der Waals surface area (Å²) in [6.45, 7) is 2.13. The smallest absolute Gasteiger partial charge is 0.330 e. The topological polar surface area (TPSA) is 154 Å². The van der Waals surface area contributed by atoms with Crippen molar-refractivity contribution in [2.24, 2.45) is 0 Å². The molecule has 3 atom stereocenters. The van der Waals surface area contributed by atoms with Gasteiger partial charge in [-0.3, -0.25) is 19.1 Å². The molecule has 0 amide bonds. The maximum absolute atomic E-state index is 12.2. The lowest BCUT2D eigenvalue weighted by Crippen LogP contribution is -2.46. The Balaban J connectivity index is 3.26. The average Bonchev–Trinajstić information content (AvgIpc) is 2.50. The van der Waals surface area contributed by atoms with Crippen molar-refractivity contribution in [1.29, 1.82) is 0 Å². The second-order valence-corrected chi connectivity index (χ2v) is 4.23. The number of ether oxygens (including phenoxy) is 1. The second-order valence-electron chi connectivity index (χ2n) is 4.23. The number of hydrogen-bond acceptors (Lipinski definition) is 8. The van der Waals surface area contributed by atoms with Crippen LogP contribution in [0.5, 0.6) is 0 Å². The number of aliphatic hydroxyl groups is 2. The average molecular weight is 315 g/mol. The van der Waals surface area contributed by atoms with Crippen LogP contribution >= 0.6 is 0 Å². The van der Waals surface area contributed by atoms with Crippen LogP contribution in [0.15, 0.2) is 34.5 Å². The van der Waals surface area contributed by atoms with Gasteiger partial charge in [-0.15, -0.1) is 6.58 Å². The molecule has 22 heavy (non-hydrogen) atoms. The van der Waals surface area contributed by atoms with E-state index >= 15 is 0 Å². The first-order valence-corrected chi connectivity index (χ1v) is 6.23. The van der Waals surface area contributed by atoms with Gasteiger partial charge in [0.05, 0.1) is 13.2 Å². The minimum atomic E-state index is -1.60. The zero-order chi connectivity index (χ0) is 16.7. The van der Waals surface area contributed by atoms with Crippen LogP contribution in [-0.2, 0) is 9.53 Å². The molecule has 1 heterocycles. The van der Waals surface area contributed by atoms with E-state index in [2.05, 4.69) is 6.58 Å². The molecule has 122 valence electrons. The van der Waals surface area contributed by atoms with Crippen molar-refractivity contribution in [3.05, 3.63) is 45.8 Å². The molecule has 0 bridgehead atoms. The van der Waals surface area contributed by atoms with Crippen molar-refractivity contribution in [2.75, 3.05) is 13.2 Å². The van der Waals surface area contributed by atoms with Crippen LogP contribution in [0.1, 0.15) is 6.23 Å². The third kappa shape index (κ3) is 4.19. The zero-order valence-electron chi connectivity index (χ0n) is 11.5. The van der Waals surface area contributed by atoms with Gasteiger partial charge < -0.3 is 20.2 Å². The standard InChI is InChI=1S/C12H17N3O7/c1-2-7(5-16)22-11(10(19)8(6-17)14-21)15-4-3-9(18)13-12(15)20/h2-4,7-8,11,14,16-17,21H,1,5-6H2,(H,13,18,20). The van der Waals surface area contributed by atoms with Crippen molar-refractivity contribution >= 4 is 5.78 Å². The molecule has 3 unspecified atom stereocenters. The predicted molar refractivity (Wildman–Crippen MR) is 73.3 cm³/mol. The first-order chi connectivity index (χ1) is 10.5. The van der Waals surface area contributed by atoms with E-state index in [4.69, 9.17) is 20.2 Å². The third-order valence-electron chi connectivity index (χ3n) is 2.78. The number of hydroxylamine groups is 1. The van der Waals surface area contributed by atoms with E-state index in [0.717, 1.165) is 16.8 Å². The SMILES string of the molecule is C=CC(CO)OC(C(=O)C(CO)NO)n1ccc(=O)[nH]c1=O. The fourth-order valence-corrected chi connectivity index (χ4v) is 1.59. The highest BCUT2D eigenvalue weighted by molar-refractivity contribution is 5.86. The molecule has 0 aromatic carbocycles. The van der Waals surface area contributed by atoms with Gasteiger partial charge in [0.1, 0.15) is 12.1 Å². The highest BCUT2D eigenvalue weighted by Gasteiger charge is 2.31. The highest BCUT2D eigenvalue weighted by Crippen LogP contribution is 2.13. The van der Waals surface area contributed by atoms with E-state index in [9.17, 15) is 14.4 Å². The van der Waals surface area contributed by atoms with Crippen molar-refractivity contribution in [2.45, 2.75) is 18.4 Å². The van der Waals surface area contributed by atoms with E-state index in [1.165, 1.54) is 6.08 Å². The summed E-state index contributed by atoms with van der Waals surface area (Å²) >= 11 is 0. The lowest BCUT2D eigenvalue weighted by atomic mass is 10.1. The molecule has 0 fully saturated rings. The van der Waals surface area contributed by atoms with Gasteiger partial charge in [-0.1, -0.05) is 6.08 Å². The largest absolute Gasteiger partial charge is 0.394 e. The molecular formula is C12H17N3O7. The molecule has 0 saturated heterocycles. The summed E-state index contributed by atoms with van der Waals surface area (Å²) in [5.74, 6) is -0.889. The van der Waals surface area contributed by atoms with Crippen LogP contribution in [0.25, 0.3) is 0 Å². The minimum absolute atomic E-state index is 0.512. The van der Waals surface area contributed by atoms with Gasteiger partial charge in [0, 0.05) is 12.3 Å². The molecule has 0 saturated carbocycles. The van der Waals surface area contributed by atoms with E-state index in [1.54, 1.807) is 5.48 Å². The molecule has 0 aliphatic rings. The number of aromatic amines is 1. The fraction of sp³-hybridized carbons (Fsp3) is 0.417. The molecule has 10 nitrogen and oxygen atoms in total. The third-order valence-corrected chi connectivity index (χ3v) is 2.78.